The number of rotatable bonds is 26. The molecule has 4 fully saturated rings. The van der Waals surface area contributed by atoms with Crippen molar-refractivity contribution in [1.29, 1.82) is 0 Å². The van der Waals surface area contributed by atoms with Gasteiger partial charge in [-0.3, -0.25) is 39.1 Å². The zero-order valence-corrected chi connectivity index (χ0v) is 49.7. The standard InChI is InChI=1S/C65H71N9O11S/c1-42-49(46-18-20-50(69-57(46)59(79)80)44-15-19-51-48(32-44)47(23-24-66-51)58(78)71-60-70-52-10-7-8-11-53(52)86-60)33-68-74(42)41-64-36-62(2)35-63(3,37-64)39-65(38-62,40-64)85-29-27-72(4)61(81)84-34-43-13-16-45(17-14-43)83-31-30-82-28-25-67-54(75)12-6-5-9-26-73-55(76)21-22-56(73)77/h7-8,10-11,13-24,32-33H,5-6,9,12,25-31,34-41H2,1-4H3,(H,67,75)(H,79,80)(H,70,71,78). The number of carboxylic acid groups (broad SMARTS) is 1. The molecule has 12 rings (SSSR count). The van der Waals surface area contributed by atoms with Crippen LogP contribution in [0.3, 0.4) is 0 Å². The number of benzene rings is 3. The smallest absolute Gasteiger partial charge is 0.409 e. The van der Waals surface area contributed by atoms with Crippen LogP contribution in [-0.4, -0.2) is 134 Å². The molecular weight excluding hydrogens is 1110 g/mol. The van der Waals surface area contributed by atoms with E-state index >= 15 is 0 Å². The lowest BCUT2D eigenvalue weighted by Gasteiger charge is -2.69. The second kappa shape index (κ2) is 24.9. The molecule has 4 aliphatic carbocycles. The van der Waals surface area contributed by atoms with Gasteiger partial charge in [0.2, 0.25) is 5.91 Å². The molecule has 20 nitrogen and oxygen atoms in total. The van der Waals surface area contributed by atoms with Gasteiger partial charge in [0.15, 0.2) is 10.8 Å². The molecule has 0 saturated heterocycles. The van der Waals surface area contributed by atoms with E-state index in [4.69, 9.17) is 29.0 Å². The van der Waals surface area contributed by atoms with Gasteiger partial charge in [0, 0.05) is 85.8 Å². The fourth-order valence-electron chi connectivity index (χ4n) is 14.4. The number of likely N-dealkylation sites (N-methyl/N-ethyl adjacent to an activating group) is 1. The molecule has 5 heterocycles. The highest BCUT2D eigenvalue weighted by atomic mass is 32.1. The number of thiazole rings is 1. The molecule has 5 amide bonds. The predicted molar refractivity (Wildman–Crippen MR) is 323 cm³/mol. The number of nitrogens with one attached hydrogen (secondary N) is 2. The number of carbonyl (C=O) groups is 6. The van der Waals surface area contributed by atoms with Crippen molar-refractivity contribution in [2.75, 3.05) is 58.4 Å². The zero-order chi connectivity index (χ0) is 60.2. The quantitative estimate of drug-likeness (QED) is 0.0337. The maximum atomic E-state index is 13.7. The van der Waals surface area contributed by atoms with Crippen molar-refractivity contribution < 1.29 is 52.8 Å². The number of hydrogen-bond acceptors (Lipinski definition) is 15. The first kappa shape index (κ1) is 59.3. The second-order valence-electron chi connectivity index (χ2n) is 24.3. The topological polar surface area (TPSA) is 247 Å². The van der Waals surface area contributed by atoms with Crippen LogP contribution in [0, 0.1) is 23.2 Å². The number of aromatic nitrogens is 5. The van der Waals surface area contributed by atoms with Gasteiger partial charge in [-0.25, -0.2) is 19.6 Å². The Morgan fingerprint density at radius 2 is 1.58 bits per heavy atom. The summed E-state index contributed by atoms with van der Waals surface area (Å²) in [6.07, 6.45) is 13.7. The molecular formula is C65H71N9O11S. The SMILES string of the molecule is Cc1c(-c2ccc(-c3ccc4nccc(C(=O)Nc5nc6ccccc6s5)c4c3)nc2C(=O)O)cnn1CC12CC3(C)CC(C)(C1)CC(OCCN(C)C(=O)OCc1ccc(OCCOCCNC(=O)CCCCCN4C(=O)C=CC4=O)cc1)(C3)C2. The van der Waals surface area contributed by atoms with Gasteiger partial charge in [0.05, 0.1) is 58.6 Å². The number of nitrogens with zero attached hydrogens (tertiary/aromatic N) is 7. The summed E-state index contributed by atoms with van der Waals surface area (Å²) in [7, 11) is 1.72. The van der Waals surface area contributed by atoms with Crippen LogP contribution < -0.4 is 15.4 Å². The monoisotopic (exact) mass is 1190 g/mol. The van der Waals surface area contributed by atoms with Gasteiger partial charge < -0.3 is 34.3 Å². The minimum Gasteiger partial charge on any atom is -0.491 e. The van der Waals surface area contributed by atoms with Crippen LogP contribution in [0.25, 0.3) is 43.5 Å². The summed E-state index contributed by atoms with van der Waals surface area (Å²) in [5.74, 6) is -1.51. The van der Waals surface area contributed by atoms with Gasteiger partial charge >= 0.3 is 12.1 Å². The van der Waals surface area contributed by atoms with E-state index in [0.29, 0.717) is 122 Å². The number of imide groups is 1. The van der Waals surface area contributed by atoms with Crippen LogP contribution in [0.2, 0.25) is 0 Å². The summed E-state index contributed by atoms with van der Waals surface area (Å²) < 4.78 is 27.1. The van der Waals surface area contributed by atoms with E-state index in [1.54, 1.807) is 42.5 Å². The number of para-hydroxylation sites is 1. The molecule has 7 aromatic rings. The van der Waals surface area contributed by atoms with E-state index in [0.717, 1.165) is 66.4 Å². The normalized spacial score (nSPS) is 21.1. The lowest BCUT2D eigenvalue weighted by molar-refractivity contribution is -0.248. The summed E-state index contributed by atoms with van der Waals surface area (Å²) in [6.45, 7) is 9.96. The molecule has 4 aromatic heterocycles. The molecule has 3 N–H and O–H groups in total. The van der Waals surface area contributed by atoms with Gasteiger partial charge in [-0.05, 0) is 135 Å². The number of fused-ring (bicyclic) bond motifs is 2. The summed E-state index contributed by atoms with van der Waals surface area (Å²) in [5, 5.41) is 22.4. The van der Waals surface area contributed by atoms with Crippen molar-refractivity contribution in [1.82, 2.24) is 39.8 Å². The highest BCUT2D eigenvalue weighted by Crippen LogP contribution is 2.72. The first-order valence-corrected chi connectivity index (χ1v) is 30.1. The minimum atomic E-state index is -1.17. The Kier molecular flexibility index (Phi) is 17.2. The summed E-state index contributed by atoms with van der Waals surface area (Å²) in [4.78, 5) is 91.9. The number of pyridine rings is 2. The van der Waals surface area contributed by atoms with Crippen molar-refractivity contribution >= 4 is 73.3 Å². The highest BCUT2D eigenvalue weighted by molar-refractivity contribution is 7.22. The molecule has 0 radical (unpaired) electrons. The van der Waals surface area contributed by atoms with E-state index < -0.39 is 12.1 Å². The maximum absolute atomic E-state index is 13.7. The maximum Gasteiger partial charge on any atom is 0.409 e. The van der Waals surface area contributed by atoms with Crippen molar-refractivity contribution in [2.24, 2.45) is 16.2 Å². The predicted octanol–water partition coefficient (Wildman–Crippen LogP) is 10.4. The van der Waals surface area contributed by atoms with Crippen molar-refractivity contribution in [3.05, 3.63) is 132 Å². The lowest BCUT2D eigenvalue weighted by atomic mass is 9.39. The van der Waals surface area contributed by atoms with Crippen LogP contribution in [0.15, 0.2) is 109 Å². The first-order valence-electron chi connectivity index (χ1n) is 29.3. The average molecular weight is 1190 g/mol. The Morgan fingerprint density at radius 3 is 2.35 bits per heavy atom. The van der Waals surface area contributed by atoms with Crippen molar-refractivity contribution in [3.8, 4) is 28.1 Å². The number of anilines is 1. The molecule has 448 valence electrons. The highest BCUT2D eigenvalue weighted by Gasteiger charge is 2.66. The Morgan fingerprint density at radius 1 is 0.802 bits per heavy atom. The Bertz CT molecular complexity index is 3700. The van der Waals surface area contributed by atoms with Gasteiger partial charge in [-0.1, -0.05) is 61.9 Å². The Balaban J connectivity index is 0.643. The molecule has 0 spiro atoms. The van der Waals surface area contributed by atoms with Crippen molar-refractivity contribution in [2.45, 2.75) is 104 Å². The summed E-state index contributed by atoms with van der Waals surface area (Å²) in [6, 6.07) is 25.7. The molecule has 3 aromatic carbocycles. The fourth-order valence-corrected chi connectivity index (χ4v) is 15.3. The van der Waals surface area contributed by atoms with Gasteiger partial charge in [-0.2, -0.15) is 5.10 Å². The van der Waals surface area contributed by atoms with Crippen LogP contribution in [0.4, 0.5) is 9.93 Å². The third-order valence-corrected chi connectivity index (χ3v) is 18.1. The van der Waals surface area contributed by atoms with Crippen LogP contribution >= 0.6 is 11.3 Å². The fraction of sp³-hybridized carbons (Fsp3) is 0.415. The largest absolute Gasteiger partial charge is 0.491 e. The molecule has 21 heteroatoms. The number of unbranched alkanes of at least 4 members (excludes halogenated alkanes) is 2. The molecule has 5 aliphatic rings. The van der Waals surface area contributed by atoms with Crippen LogP contribution in [0.5, 0.6) is 5.75 Å². The van der Waals surface area contributed by atoms with Gasteiger partial charge in [-0.15, -0.1) is 0 Å². The molecule has 4 saturated carbocycles. The van der Waals surface area contributed by atoms with E-state index in [9.17, 15) is 33.9 Å². The van der Waals surface area contributed by atoms with Crippen LogP contribution in [-0.2, 0) is 41.7 Å². The number of amides is 5. The molecule has 2 unspecified atom stereocenters. The number of hydrogen-bond donors (Lipinski definition) is 3. The second-order valence-corrected chi connectivity index (χ2v) is 25.4. The Labute approximate surface area is 502 Å². The molecule has 2 atom stereocenters. The summed E-state index contributed by atoms with van der Waals surface area (Å²) >= 11 is 1.39. The molecule has 1 aliphatic heterocycles. The summed E-state index contributed by atoms with van der Waals surface area (Å²) in [5.41, 5.74) is 5.18. The Hall–Kier alpha value is -8.40. The van der Waals surface area contributed by atoms with E-state index in [1.807, 2.05) is 78.3 Å². The van der Waals surface area contributed by atoms with Gasteiger partial charge in [0.25, 0.3) is 17.7 Å². The number of ether oxygens (including phenoxy) is 4. The van der Waals surface area contributed by atoms with Crippen LogP contribution in [0.1, 0.15) is 110 Å². The van der Waals surface area contributed by atoms with E-state index in [-0.39, 0.29) is 57.8 Å². The van der Waals surface area contributed by atoms with E-state index in [1.165, 1.54) is 28.4 Å². The molecule has 86 heavy (non-hydrogen) atoms. The number of carbonyl (C=O) groups excluding carboxylic acids is 5. The minimum absolute atomic E-state index is 0.0497. The average Bonchev–Trinajstić information content (AvgIpc) is 0.792. The third-order valence-electron chi connectivity index (χ3n) is 17.1. The first-order chi connectivity index (χ1) is 41.4. The zero-order valence-electron chi connectivity index (χ0n) is 48.9. The molecule has 4 bridgehead atoms. The lowest BCUT2D eigenvalue weighted by Crippen LogP contribution is -2.64. The van der Waals surface area contributed by atoms with Gasteiger partial charge in [0.1, 0.15) is 19.0 Å². The van der Waals surface area contributed by atoms with Crippen molar-refractivity contribution in [3.63, 3.8) is 0 Å². The number of aromatic carboxylic acids is 1. The van der Waals surface area contributed by atoms with E-state index in [2.05, 4.69) is 34.4 Å². The third kappa shape index (κ3) is 13.3. The number of carboxylic acids is 1.